The van der Waals surface area contributed by atoms with Crippen molar-refractivity contribution in [3.05, 3.63) is 72.1 Å². The SMILES string of the molecule is CC(C)c1cc(C(=O)Nc2nc3ccccc3[nH]2)n(-c2ccccc2)n1. The van der Waals surface area contributed by atoms with Crippen LogP contribution in [0.2, 0.25) is 0 Å². The summed E-state index contributed by atoms with van der Waals surface area (Å²) in [4.78, 5) is 20.4. The van der Waals surface area contributed by atoms with Crippen molar-refractivity contribution in [1.82, 2.24) is 19.7 Å². The molecule has 2 aromatic heterocycles. The first-order valence-corrected chi connectivity index (χ1v) is 8.53. The fourth-order valence-corrected chi connectivity index (χ4v) is 2.79. The molecule has 6 heteroatoms. The number of fused-ring (bicyclic) bond motifs is 1. The molecular formula is C20H19N5O. The van der Waals surface area contributed by atoms with Gasteiger partial charge >= 0.3 is 0 Å². The van der Waals surface area contributed by atoms with Gasteiger partial charge in [0.2, 0.25) is 5.95 Å². The number of benzene rings is 2. The van der Waals surface area contributed by atoms with Gasteiger partial charge in [-0.2, -0.15) is 5.10 Å². The first kappa shape index (κ1) is 16.1. The van der Waals surface area contributed by atoms with E-state index in [-0.39, 0.29) is 11.8 Å². The highest BCUT2D eigenvalue weighted by atomic mass is 16.2. The number of nitrogens with one attached hydrogen (secondary N) is 2. The number of hydrogen-bond acceptors (Lipinski definition) is 3. The first-order valence-electron chi connectivity index (χ1n) is 8.53. The number of anilines is 1. The number of para-hydroxylation sites is 3. The van der Waals surface area contributed by atoms with Crippen LogP contribution in [0.3, 0.4) is 0 Å². The standard InChI is InChI=1S/C20H19N5O/c1-13(2)17-12-18(25(24-17)14-8-4-3-5-9-14)19(26)23-20-21-15-10-6-7-11-16(15)22-20/h3-13H,1-2H3,(H2,21,22,23,26). The van der Waals surface area contributed by atoms with E-state index >= 15 is 0 Å². The molecule has 0 saturated carbocycles. The number of rotatable bonds is 4. The highest BCUT2D eigenvalue weighted by molar-refractivity contribution is 6.03. The number of amides is 1. The van der Waals surface area contributed by atoms with Gasteiger partial charge in [0.15, 0.2) is 0 Å². The summed E-state index contributed by atoms with van der Waals surface area (Å²) in [5, 5.41) is 7.45. The monoisotopic (exact) mass is 345 g/mol. The molecule has 1 amide bonds. The van der Waals surface area contributed by atoms with Gasteiger partial charge in [0.25, 0.3) is 5.91 Å². The van der Waals surface area contributed by atoms with E-state index in [4.69, 9.17) is 0 Å². The van der Waals surface area contributed by atoms with Crippen LogP contribution in [0.5, 0.6) is 0 Å². The second-order valence-electron chi connectivity index (χ2n) is 6.41. The van der Waals surface area contributed by atoms with E-state index < -0.39 is 0 Å². The predicted molar refractivity (Wildman–Crippen MR) is 102 cm³/mol. The van der Waals surface area contributed by atoms with Gasteiger partial charge in [0.05, 0.1) is 22.4 Å². The number of aromatic amines is 1. The van der Waals surface area contributed by atoms with Gasteiger partial charge in [-0.05, 0) is 36.2 Å². The summed E-state index contributed by atoms with van der Waals surface area (Å²) in [7, 11) is 0. The third-order valence-electron chi connectivity index (χ3n) is 4.17. The topological polar surface area (TPSA) is 75.6 Å². The van der Waals surface area contributed by atoms with E-state index in [9.17, 15) is 4.79 Å². The summed E-state index contributed by atoms with van der Waals surface area (Å²) >= 11 is 0. The minimum Gasteiger partial charge on any atom is -0.324 e. The lowest BCUT2D eigenvalue weighted by Crippen LogP contribution is -2.17. The van der Waals surface area contributed by atoms with Crippen molar-refractivity contribution in [2.24, 2.45) is 0 Å². The fraction of sp³-hybridized carbons (Fsp3) is 0.150. The van der Waals surface area contributed by atoms with Gasteiger partial charge in [-0.1, -0.05) is 44.2 Å². The smallest absolute Gasteiger partial charge is 0.276 e. The van der Waals surface area contributed by atoms with Crippen LogP contribution >= 0.6 is 0 Å². The molecule has 26 heavy (non-hydrogen) atoms. The number of imidazole rings is 1. The van der Waals surface area contributed by atoms with E-state index in [1.807, 2.05) is 60.7 Å². The van der Waals surface area contributed by atoms with E-state index in [1.54, 1.807) is 4.68 Å². The van der Waals surface area contributed by atoms with Crippen LogP contribution in [0.1, 0.15) is 35.9 Å². The minimum absolute atomic E-state index is 0.220. The van der Waals surface area contributed by atoms with Crippen molar-refractivity contribution in [1.29, 1.82) is 0 Å². The maximum atomic E-state index is 12.9. The highest BCUT2D eigenvalue weighted by Gasteiger charge is 2.19. The molecule has 130 valence electrons. The Hall–Kier alpha value is -3.41. The maximum Gasteiger partial charge on any atom is 0.276 e. The molecule has 2 aromatic carbocycles. The molecule has 0 unspecified atom stereocenters. The molecule has 0 fully saturated rings. The van der Waals surface area contributed by atoms with Gasteiger partial charge in [-0.3, -0.25) is 10.1 Å². The normalized spacial score (nSPS) is 11.2. The molecular weight excluding hydrogens is 326 g/mol. The Balaban J connectivity index is 1.70. The Morgan fingerprint density at radius 1 is 1.08 bits per heavy atom. The van der Waals surface area contributed by atoms with Gasteiger partial charge in [-0.15, -0.1) is 0 Å². The number of aromatic nitrogens is 4. The Bertz CT molecular complexity index is 1030. The van der Waals surface area contributed by atoms with E-state index in [1.165, 1.54) is 0 Å². The summed E-state index contributed by atoms with van der Waals surface area (Å²) in [6.45, 7) is 4.11. The quantitative estimate of drug-likeness (QED) is 0.584. The zero-order valence-corrected chi connectivity index (χ0v) is 14.6. The van der Waals surface area contributed by atoms with Crippen molar-refractivity contribution >= 4 is 22.9 Å². The fourth-order valence-electron chi connectivity index (χ4n) is 2.79. The number of carbonyl (C=O) groups is 1. The number of hydrogen-bond donors (Lipinski definition) is 2. The lowest BCUT2D eigenvalue weighted by Gasteiger charge is -2.06. The van der Waals surface area contributed by atoms with Crippen LogP contribution in [0.25, 0.3) is 16.7 Å². The van der Waals surface area contributed by atoms with Crippen molar-refractivity contribution in [3.8, 4) is 5.69 Å². The van der Waals surface area contributed by atoms with Gasteiger partial charge in [0, 0.05) is 0 Å². The second kappa shape index (κ2) is 6.48. The Morgan fingerprint density at radius 3 is 2.54 bits per heavy atom. The minimum atomic E-state index is -0.257. The Kier molecular flexibility index (Phi) is 4.01. The van der Waals surface area contributed by atoms with Crippen molar-refractivity contribution < 1.29 is 4.79 Å². The van der Waals surface area contributed by atoms with Gasteiger partial charge in [0.1, 0.15) is 5.69 Å². The van der Waals surface area contributed by atoms with Gasteiger partial charge in [-0.25, -0.2) is 9.67 Å². The van der Waals surface area contributed by atoms with Crippen LogP contribution in [0.4, 0.5) is 5.95 Å². The predicted octanol–water partition coefficient (Wildman–Crippen LogP) is 4.12. The molecule has 2 heterocycles. The average molecular weight is 345 g/mol. The molecule has 0 bridgehead atoms. The molecule has 0 atom stereocenters. The summed E-state index contributed by atoms with van der Waals surface area (Å²) in [5.41, 5.74) is 3.86. The zero-order valence-electron chi connectivity index (χ0n) is 14.6. The second-order valence-corrected chi connectivity index (χ2v) is 6.41. The van der Waals surface area contributed by atoms with E-state index in [2.05, 4.69) is 34.2 Å². The number of nitrogens with zero attached hydrogens (tertiary/aromatic N) is 3. The van der Waals surface area contributed by atoms with E-state index in [0.29, 0.717) is 11.6 Å². The summed E-state index contributed by atoms with van der Waals surface area (Å²) in [5.74, 6) is 0.383. The molecule has 0 aliphatic heterocycles. The summed E-state index contributed by atoms with van der Waals surface area (Å²) in [6, 6.07) is 19.1. The molecule has 0 aliphatic rings. The Labute approximate surface area is 150 Å². The van der Waals surface area contributed by atoms with Crippen LogP contribution in [-0.2, 0) is 0 Å². The zero-order chi connectivity index (χ0) is 18.1. The summed E-state index contributed by atoms with van der Waals surface area (Å²) < 4.78 is 1.67. The van der Waals surface area contributed by atoms with E-state index in [0.717, 1.165) is 22.4 Å². The van der Waals surface area contributed by atoms with Crippen molar-refractivity contribution in [3.63, 3.8) is 0 Å². The molecule has 0 aliphatic carbocycles. The molecule has 4 rings (SSSR count). The maximum absolute atomic E-state index is 12.9. The highest BCUT2D eigenvalue weighted by Crippen LogP contribution is 2.20. The third kappa shape index (κ3) is 2.97. The van der Waals surface area contributed by atoms with Crippen LogP contribution < -0.4 is 5.32 Å². The van der Waals surface area contributed by atoms with Crippen LogP contribution in [0, 0.1) is 0 Å². The number of H-pyrrole nitrogens is 1. The lowest BCUT2D eigenvalue weighted by molar-refractivity contribution is 0.101. The summed E-state index contributed by atoms with van der Waals surface area (Å²) in [6.07, 6.45) is 0. The van der Waals surface area contributed by atoms with Crippen LogP contribution in [-0.4, -0.2) is 25.7 Å². The van der Waals surface area contributed by atoms with Crippen LogP contribution in [0.15, 0.2) is 60.7 Å². The number of carbonyl (C=O) groups excluding carboxylic acids is 1. The molecule has 2 N–H and O–H groups in total. The first-order chi connectivity index (χ1) is 12.6. The largest absolute Gasteiger partial charge is 0.324 e. The van der Waals surface area contributed by atoms with Crippen molar-refractivity contribution in [2.45, 2.75) is 19.8 Å². The molecule has 6 nitrogen and oxygen atoms in total. The van der Waals surface area contributed by atoms with Crippen molar-refractivity contribution in [2.75, 3.05) is 5.32 Å². The van der Waals surface area contributed by atoms with Gasteiger partial charge < -0.3 is 4.98 Å². The Morgan fingerprint density at radius 2 is 1.81 bits per heavy atom. The molecule has 4 aromatic rings. The lowest BCUT2D eigenvalue weighted by atomic mass is 10.1. The molecule has 0 saturated heterocycles. The third-order valence-corrected chi connectivity index (χ3v) is 4.17. The molecule has 0 spiro atoms. The molecule has 0 radical (unpaired) electrons. The average Bonchev–Trinajstić information content (AvgIpc) is 3.26.